The normalized spacial score (nSPS) is 12.0. The molecule has 5 nitrogen and oxygen atoms in total. The van der Waals surface area contributed by atoms with E-state index in [0.29, 0.717) is 16.7 Å². The van der Waals surface area contributed by atoms with E-state index in [2.05, 4.69) is 14.8 Å². The van der Waals surface area contributed by atoms with Crippen LogP contribution in [0.15, 0.2) is 54.7 Å². The van der Waals surface area contributed by atoms with Crippen molar-refractivity contribution in [3.05, 3.63) is 54.7 Å². The zero-order valence-corrected chi connectivity index (χ0v) is 12.5. The van der Waals surface area contributed by atoms with Crippen LogP contribution >= 0.6 is 0 Å². The fourth-order valence-corrected chi connectivity index (χ4v) is 2.63. The molecule has 2 aromatic carbocycles. The highest BCUT2D eigenvalue weighted by Gasteiger charge is 2.31. The Balaban J connectivity index is 1.81. The zero-order valence-electron chi connectivity index (χ0n) is 12.5. The van der Waals surface area contributed by atoms with Crippen LogP contribution < -0.4 is 4.74 Å². The van der Waals surface area contributed by atoms with Crippen LogP contribution in [0.25, 0.3) is 27.5 Å². The Hall–Kier alpha value is -3.29. The lowest BCUT2D eigenvalue weighted by atomic mass is 10.1. The second-order valence-electron chi connectivity index (χ2n) is 5.32. The summed E-state index contributed by atoms with van der Waals surface area (Å²) in [5.74, 6) is -0.540. The number of benzene rings is 2. The molecule has 25 heavy (non-hydrogen) atoms. The number of aromatic hydroxyl groups is 1. The monoisotopic (exact) mass is 345 g/mol. The SMILES string of the molecule is Oc1c2ncc3ccccc3c2nn1-c1ccc(OC(F)(F)F)cc1. The predicted molar refractivity (Wildman–Crippen MR) is 84.7 cm³/mol. The van der Waals surface area contributed by atoms with E-state index >= 15 is 0 Å². The minimum atomic E-state index is -4.76. The third-order valence-corrected chi connectivity index (χ3v) is 3.70. The molecule has 0 unspecified atom stereocenters. The molecule has 0 amide bonds. The summed E-state index contributed by atoms with van der Waals surface area (Å²) >= 11 is 0. The van der Waals surface area contributed by atoms with Gasteiger partial charge in [-0.2, -0.15) is 9.78 Å². The molecular weight excluding hydrogens is 335 g/mol. The van der Waals surface area contributed by atoms with Crippen LogP contribution in [0.2, 0.25) is 0 Å². The van der Waals surface area contributed by atoms with Crippen LogP contribution in [0.3, 0.4) is 0 Å². The van der Waals surface area contributed by atoms with E-state index in [0.717, 1.165) is 22.9 Å². The average molecular weight is 345 g/mol. The Bertz CT molecular complexity index is 1070. The summed E-state index contributed by atoms with van der Waals surface area (Å²) in [5, 5.41) is 16.4. The molecule has 0 radical (unpaired) electrons. The Kier molecular flexibility index (Phi) is 3.28. The summed E-state index contributed by atoms with van der Waals surface area (Å²) in [4.78, 5) is 4.21. The molecule has 0 atom stereocenters. The van der Waals surface area contributed by atoms with E-state index in [-0.39, 0.29) is 11.6 Å². The molecule has 4 rings (SSSR count). The summed E-state index contributed by atoms with van der Waals surface area (Å²) in [6, 6.07) is 12.5. The van der Waals surface area contributed by atoms with Gasteiger partial charge in [0.2, 0.25) is 5.88 Å². The Labute approximate surface area is 138 Å². The van der Waals surface area contributed by atoms with Gasteiger partial charge < -0.3 is 9.84 Å². The molecule has 0 aliphatic rings. The van der Waals surface area contributed by atoms with Crippen molar-refractivity contribution >= 4 is 21.8 Å². The van der Waals surface area contributed by atoms with Crippen molar-refractivity contribution < 1.29 is 23.0 Å². The van der Waals surface area contributed by atoms with Gasteiger partial charge >= 0.3 is 6.36 Å². The maximum atomic E-state index is 12.2. The number of halogens is 3. The molecule has 0 aliphatic heterocycles. The largest absolute Gasteiger partial charge is 0.573 e. The topological polar surface area (TPSA) is 60.2 Å². The number of alkyl halides is 3. The maximum absolute atomic E-state index is 12.2. The number of pyridine rings is 1. The van der Waals surface area contributed by atoms with E-state index in [9.17, 15) is 18.3 Å². The predicted octanol–water partition coefficient (Wildman–Crippen LogP) is 4.18. The van der Waals surface area contributed by atoms with Crippen molar-refractivity contribution in [1.29, 1.82) is 0 Å². The van der Waals surface area contributed by atoms with Gasteiger partial charge in [0.25, 0.3) is 0 Å². The van der Waals surface area contributed by atoms with Crippen molar-refractivity contribution in [2.24, 2.45) is 0 Å². The third kappa shape index (κ3) is 2.71. The molecule has 0 bridgehead atoms. The summed E-state index contributed by atoms with van der Waals surface area (Å²) in [6.45, 7) is 0. The first-order chi connectivity index (χ1) is 11.9. The van der Waals surface area contributed by atoms with Gasteiger partial charge in [-0.1, -0.05) is 24.3 Å². The van der Waals surface area contributed by atoms with Gasteiger partial charge in [0, 0.05) is 17.0 Å². The first-order valence-electron chi connectivity index (χ1n) is 7.24. The molecule has 0 fully saturated rings. The molecule has 2 aromatic heterocycles. The summed E-state index contributed by atoms with van der Waals surface area (Å²) in [6.07, 6.45) is -3.13. The fraction of sp³-hybridized carbons (Fsp3) is 0.0588. The summed E-state index contributed by atoms with van der Waals surface area (Å²) in [5.41, 5.74) is 1.20. The van der Waals surface area contributed by atoms with Crippen molar-refractivity contribution in [3.63, 3.8) is 0 Å². The smallest absolute Gasteiger partial charge is 0.492 e. The molecule has 1 N–H and O–H groups in total. The van der Waals surface area contributed by atoms with E-state index in [1.807, 2.05) is 24.3 Å². The van der Waals surface area contributed by atoms with Crippen molar-refractivity contribution in [3.8, 4) is 17.3 Å². The standard InChI is InChI=1S/C17H10F3N3O2/c18-17(19,20)25-12-7-5-11(6-8-12)23-16(24)15-14(22-23)13-4-2-1-3-10(13)9-21-15/h1-9,24H. The molecule has 2 heterocycles. The number of hydrogen-bond donors (Lipinski definition) is 1. The first-order valence-corrected chi connectivity index (χ1v) is 7.24. The molecule has 0 spiro atoms. The molecular formula is C17H10F3N3O2. The second-order valence-corrected chi connectivity index (χ2v) is 5.32. The van der Waals surface area contributed by atoms with Gasteiger partial charge in [-0.25, -0.2) is 4.98 Å². The van der Waals surface area contributed by atoms with Crippen LogP contribution in [0.1, 0.15) is 0 Å². The van der Waals surface area contributed by atoms with E-state index in [4.69, 9.17) is 0 Å². The van der Waals surface area contributed by atoms with Crippen LogP contribution in [-0.2, 0) is 0 Å². The lowest BCUT2D eigenvalue weighted by Gasteiger charge is -2.09. The van der Waals surface area contributed by atoms with Gasteiger partial charge in [-0.05, 0) is 24.3 Å². The van der Waals surface area contributed by atoms with E-state index in [1.54, 1.807) is 6.20 Å². The molecule has 8 heteroatoms. The van der Waals surface area contributed by atoms with Gasteiger partial charge in [0.15, 0.2) is 5.52 Å². The number of ether oxygens (including phenoxy) is 1. The highest BCUT2D eigenvalue weighted by Crippen LogP contribution is 2.31. The Morgan fingerprint density at radius 1 is 0.960 bits per heavy atom. The zero-order chi connectivity index (χ0) is 17.6. The fourth-order valence-electron chi connectivity index (χ4n) is 2.63. The second kappa shape index (κ2) is 5.37. The van der Waals surface area contributed by atoms with Crippen LogP contribution in [0.4, 0.5) is 13.2 Å². The van der Waals surface area contributed by atoms with E-state index < -0.39 is 6.36 Å². The van der Waals surface area contributed by atoms with Gasteiger partial charge in [-0.3, -0.25) is 0 Å². The number of aromatic nitrogens is 3. The highest BCUT2D eigenvalue weighted by molar-refractivity contribution is 6.04. The first kappa shape index (κ1) is 15.3. The molecule has 0 aliphatic carbocycles. The Morgan fingerprint density at radius 2 is 1.68 bits per heavy atom. The molecule has 0 saturated heterocycles. The van der Waals surface area contributed by atoms with Gasteiger partial charge in [0.1, 0.15) is 11.3 Å². The number of rotatable bonds is 2. The van der Waals surface area contributed by atoms with Crippen molar-refractivity contribution in [2.45, 2.75) is 6.36 Å². The van der Waals surface area contributed by atoms with Crippen LogP contribution in [0.5, 0.6) is 11.6 Å². The highest BCUT2D eigenvalue weighted by atomic mass is 19.4. The molecule has 4 aromatic rings. The van der Waals surface area contributed by atoms with Crippen LogP contribution in [-0.4, -0.2) is 26.2 Å². The van der Waals surface area contributed by atoms with Crippen molar-refractivity contribution in [2.75, 3.05) is 0 Å². The lowest BCUT2D eigenvalue weighted by molar-refractivity contribution is -0.274. The summed E-state index contributed by atoms with van der Waals surface area (Å²) in [7, 11) is 0. The quantitative estimate of drug-likeness (QED) is 0.592. The molecule has 126 valence electrons. The van der Waals surface area contributed by atoms with Gasteiger partial charge in [0.05, 0.1) is 5.69 Å². The number of nitrogens with zero attached hydrogens (tertiary/aromatic N) is 3. The number of fused-ring (bicyclic) bond motifs is 3. The molecule has 0 saturated carbocycles. The summed E-state index contributed by atoms with van der Waals surface area (Å²) < 4.78 is 41.7. The maximum Gasteiger partial charge on any atom is 0.573 e. The van der Waals surface area contributed by atoms with Gasteiger partial charge in [-0.15, -0.1) is 13.2 Å². The van der Waals surface area contributed by atoms with Crippen molar-refractivity contribution in [1.82, 2.24) is 14.8 Å². The van der Waals surface area contributed by atoms with E-state index in [1.165, 1.54) is 16.8 Å². The minimum absolute atomic E-state index is 0.190. The lowest BCUT2D eigenvalue weighted by Crippen LogP contribution is -2.17. The average Bonchev–Trinajstić information content (AvgIpc) is 2.92. The van der Waals surface area contributed by atoms with Crippen LogP contribution in [0, 0.1) is 0 Å². The number of hydrogen-bond acceptors (Lipinski definition) is 4. The third-order valence-electron chi connectivity index (χ3n) is 3.70. The minimum Gasteiger partial charge on any atom is -0.492 e. The Morgan fingerprint density at radius 3 is 2.40 bits per heavy atom.